The molecule has 4 aromatic rings. The van der Waals surface area contributed by atoms with Crippen LogP contribution in [-0.2, 0) is 4.79 Å². The second-order valence-electron chi connectivity index (χ2n) is 8.76. The summed E-state index contributed by atoms with van der Waals surface area (Å²) in [7, 11) is 0. The molecule has 11 nitrogen and oxygen atoms in total. The van der Waals surface area contributed by atoms with Gasteiger partial charge in [0.2, 0.25) is 12.2 Å². The number of nitrogen functional groups attached to an aromatic ring is 1. The smallest absolute Gasteiger partial charge is 0.334 e. The normalized spacial score (nSPS) is 17.9. The van der Waals surface area contributed by atoms with Gasteiger partial charge in [0, 0.05) is 18.0 Å². The molecule has 0 spiro atoms. The highest BCUT2D eigenvalue weighted by atomic mass is 16.2. The highest BCUT2D eigenvalue weighted by Crippen LogP contribution is 2.48. The standard InChI is InChI=1S/C23H20N10O/c1-13-10-16(31-30-13)29-22(34)18-15(6-5-14-11-25-17-4-3-9-28-33(14)17)32(23(2)7-8-23)21-19(18)20(24)26-12-27-21/h3-4,9-12,18,28H,7-8H2,1-2H3,(H2,24,26,27)/p+1. The van der Waals surface area contributed by atoms with Crippen molar-refractivity contribution in [1.82, 2.24) is 34.8 Å². The first-order chi connectivity index (χ1) is 16.4. The molecule has 4 aromatic heterocycles. The van der Waals surface area contributed by atoms with Crippen LogP contribution in [0.25, 0.3) is 5.65 Å². The first-order valence-electron chi connectivity index (χ1n) is 10.9. The molecule has 2 aliphatic rings. The Balaban J connectivity index is 1.51. The molecule has 6 rings (SSSR count). The minimum atomic E-state index is -0.787. The minimum Gasteiger partial charge on any atom is -0.383 e. The average molecular weight is 453 g/mol. The zero-order valence-electron chi connectivity index (χ0n) is 18.6. The van der Waals surface area contributed by atoms with E-state index < -0.39 is 5.92 Å². The molecule has 1 saturated carbocycles. The summed E-state index contributed by atoms with van der Waals surface area (Å²) in [5.41, 5.74) is 9.38. The van der Waals surface area contributed by atoms with Gasteiger partial charge in [-0.2, -0.15) is 15.2 Å². The van der Waals surface area contributed by atoms with Crippen LogP contribution in [0, 0.1) is 18.8 Å². The maximum Gasteiger partial charge on any atom is 0.334 e. The van der Waals surface area contributed by atoms with Crippen molar-refractivity contribution in [3.05, 3.63) is 53.9 Å². The lowest BCUT2D eigenvalue weighted by molar-refractivity contribution is -0.496. The second-order valence-corrected chi connectivity index (χ2v) is 8.76. The van der Waals surface area contributed by atoms with E-state index in [0.717, 1.165) is 18.5 Å². The lowest BCUT2D eigenvalue weighted by Gasteiger charge is -2.11. The number of aryl methyl sites for hydroxylation is 1. The Morgan fingerprint density at radius 3 is 2.94 bits per heavy atom. The van der Waals surface area contributed by atoms with Crippen LogP contribution in [0.2, 0.25) is 0 Å². The van der Waals surface area contributed by atoms with Gasteiger partial charge in [-0.05, 0) is 55.6 Å². The number of aromatic amines is 1. The van der Waals surface area contributed by atoms with E-state index in [9.17, 15) is 4.79 Å². The predicted molar refractivity (Wildman–Crippen MR) is 124 cm³/mol. The Kier molecular flexibility index (Phi) is 4.25. The van der Waals surface area contributed by atoms with Gasteiger partial charge in [0.25, 0.3) is 0 Å². The van der Waals surface area contributed by atoms with E-state index in [0.29, 0.717) is 34.3 Å². The number of carbonyl (C=O) groups is 1. The van der Waals surface area contributed by atoms with Crippen molar-refractivity contribution in [3.8, 4) is 11.8 Å². The Bertz CT molecular complexity index is 1560. The van der Waals surface area contributed by atoms with E-state index in [-0.39, 0.29) is 17.3 Å². The van der Waals surface area contributed by atoms with Gasteiger partial charge in [-0.1, -0.05) is 0 Å². The topological polar surface area (TPSA) is 143 Å². The van der Waals surface area contributed by atoms with E-state index in [4.69, 9.17) is 5.73 Å². The quantitative estimate of drug-likeness (QED) is 0.315. The van der Waals surface area contributed by atoms with Gasteiger partial charge in [-0.3, -0.25) is 9.89 Å². The zero-order chi connectivity index (χ0) is 23.4. The molecule has 0 saturated heterocycles. The van der Waals surface area contributed by atoms with E-state index in [2.05, 4.69) is 54.3 Å². The molecular formula is C23H21N10O+. The number of amides is 1. The lowest BCUT2D eigenvalue weighted by Crippen LogP contribution is -2.31. The zero-order valence-corrected chi connectivity index (χ0v) is 18.6. The lowest BCUT2D eigenvalue weighted by atomic mass is 9.96. The highest BCUT2D eigenvalue weighted by molar-refractivity contribution is 6.21. The third-order valence-corrected chi connectivity index (χ3v) is 6.24. The Labute approximate surface area is 194 Å². The van der Waals surface area contributed by atoms with E-state index in [1.165, 1.54) is 6.33 Å². The molecule has 168 valence electrons. The third-order valence-electron chi connectivity index (χ3n) is 6.24. The van der Waals surface area contributed by atoms with Gasteiger partial charge in [-0.25, -0.2) is 14.1 Å². The van der Waals surface area contributed by atoms with Gasteiger partial charge >= 0.3 is 5.82 Å². The molecule has 11 heteroatoms. The van der Waals surface area contributed by atoms with Crippen LogP contribution in [0.4, 0.5) is 17.5 Å². The summed E-state index contributed by atoms with van der Waals surface area (Å²) in [6, 6.07) is 5.43. The molecule has 0 aromatic carbocycles. The van der Waals surface area contributed by atoms with E-state index >= 15 is 0 Å². The van der Waals surface area contributed by atoms with Crippen molar-refractivity contribution < 1.29 is 9.37 Å². The summed E-state index contributed by atoms with van der Waals surface area (Å²) in [4.78, 5) is 26.6. The van der Waals surface area contributed by atoms with Crippen molar-refractivity contribution in [2.75, 3.05) is 11.1 Å². The Morgan fingerprint density at radius 1 is 1.32 bits per heavy atom. The summed E-state index contributed by atoms with van der Waals surface area (Å²) in [5, 5.41) is 14.2. The molecule has 1 unspecified atom stereocenters. The first kappa shape index (κ1) is 20.0. The summed E-state index contributed by atoms with van der Waals surface area (Å²) in [6.45, 7) is 3.99. The van der Waals surface area contributed by atoms with E-state index in [1.54, 1.807) is 23.0 Å². The number of H-pyrrole nitrogens is 1. The van der Waals surface area contributed by atoms with Gasteiger partial charge in [0.05, 0.1) is 6.20 Å². The molecule has 1 fully saturated rings. The van der Waals surface area contributed by atoms with Crippen molar-refractivity contribution in [3.63, 3.8) is 0 Å². The molecule has 0 bridgehead atoms. The SMILES string of the molecule is Cc1cc(NC(=O)C2C(C#Cc3cnc4cccnn34)=[N+](C3(C)CC3)c3ncnc(N)c32)n[nH]1. The number of nitrogens with two attached hydrogens (primary N) is 1. The second kappa shape index (κ2) is 7.21. The number of hydrogen-bond acceptors (Lipinski definition) is 7. The van der Waals surface area contributed by atoms with Gasteiger partial charge < -0.3 is 11.1 Å². The minimum absolute atomic E-state index is 0.199. The van der Waals surface area contributed by atoms with E-state index in [1.807, 2.05) is 23.6 Å². The third kappa shape index (κ3) is 3.11. The van der Waals surface area contributed by atoms with Gasteiger partial charge in [0.1, 0.15) is 28.5 Å². The number of rotatable bonds is 3. The summed E-state index contributed by atoms with van der Waals surface area (Å²) in [6.07, 6.45) is 6.66. The predicted octanol–water partition coefficient (Wildman–Crippen LogP) is 1.56. The van der Waals surface area contributed by atoms with Crippen LogP contribution in [0.5, 0.6) is 0 Å². The molecule has 1 atom stereocenters. The number of nitrogens with zero attached hydrogens (tertiary/aromatic N) is 7. The van der Waals surface area contributed by atoms with Crippen LogP contribution in [0.1, 0.15) is 42.6 Å². The summed E-state index contributed by atoms with van der Waals surface area (Å²) >= 11 is 0. The number of anilines is 2. The molecule has 1 amide bonds. The molecule has 5 heterocycles. The number of hydrogen-bond donors (Lipinski definition) is 3. The van der Waals surface area contributed by atoms with Crippen LogP contribution in [-0.4, -0.2) is 56.5 Å². The molecule has 0 radical (unpaired) electrons. The van der Waals surface area contributed by atoms with Crippen LogP contribution < -0.4 is 11.1 Å². The molecular weight excluding hydrogens is 432 g/mol. The van der Waals surface area contributed by atoms with Crippen LogP contribution in [0.15, 0.2) is 36.9 Å². The monoisotopic (exact) mass is 453 g/mol. The Hall–Kier alpha value is -4.59. The van der Waals surface area contributed by atoms with Crippen molar-refractivity contribution in [2.45, 2.75) is 38.1 Å². The van der Waals surface area contributed by atoms with Crippen molar-refractivity contribution >= 4 is 34.7 Å². The molecule has 4 N–H and O–H groups in total. The number of carbonyl (C=O) groups excluding carboxylic acids is 1. The fourth-order valence-corrected chi connectivity index (χ4v) is 4.29. The van der Waals surface area contributed by atoms with Gasteiger partial charge in [-0.15, -0.1) is 0 Å². The number of fused-ring (bicyclic) bond motifs is 2. The molecule has 1 aliphatic heterocycles. The van der Waals surface area contributed by atoms with Crippen LogP contribution >= 0.6 is 0 Å². The molecule has 1 aliphatic carbocycles. The van der Waals surface area contributed by atoms with Gasteiger partial charge in [0.15, 0.2) is 17.2 Å². The molecule has 34 heavy (non-hydrogen) atoms. The fourth-order valence-electron chi connectivity index (χ4n) is 4.29. The average Bonchev–Trinajstić information content (AvgIpc) is 3.15. The summed E-state index contributed by atoms with van der Waals surface area (Å²) < 4.78 is 3.71. The number of nitrogens with one attached hydrogen (secondary N) is 2. The highest BCUT2D eigenvalue weighted by Gasteiger charge is 2.56. The number of imidazole rings is 1. The largest absolute Gasteiger partial charge is 0.383 e. The first-order valence-corrected chi connectivity index (χ1v) is 10.9. The van der Waals surface area contributed by atoms with Crippen molar-refractivity contribution in [2.24, 2.45) is 0 Å². The number of aromatic nitrogens is 7. The van der Waals surface area contributed by atoms with Crippen LogP contribution in [0.3, 0.4) is 0 Å². The maximum atomic E-state index is 13.6. The summed E-state index contributed by atoms with van der Waals surface area (Å²) in [5.74, 6) is 6.62. The Morgan fingerprint density at radius 2 is 2.18 bits per heavy atom. The fraction of sp³-hybridized carbons (Fsp3) is 0.261. The maximum absolute atomic E-state index is 13.6. The van der Waals surface area contributed by atoms with Crippen molar-refractivity contribution in [1.29, 1.82) is 0 Å².